The highest BCUT2D eigenvalue weighted by Gasteiger charge is 2.32. The Morgan fingerprint density at radius 2 is 1.77 bits per heavy atom. The second kappa shape index (κ2) is 9.93. The van der Waals surface area contributed by atoms with Gasteiger partial charge in [0.1, 0.15) is 18.0 Å². The van der Waals surface area contributed by atoms with E-state index >= 15 is 0 Å². The standard InChI is InChI=1S/C22H26F3N5O/c1-3-16-5-6-18(11-17(16)4-2)19(31)13-26-20-12-21(28-15-27-20)30-9-7-29(8-10-30)14-22(23,24)25/h3-6,11-12,15,19,31H,1-2,7-10,13-14H2,(H,26,27,28). The van der Waals surface area contributed by atoms with Gasteiger partial charge in [-0.2, -0.15) is 13.2 Å². The van der Waals surface area contributed by atoms with Crippen molar-refractivity contribution in [3.8, 4) is 0 Å². The molecule has 0 saturated carbocycles. The Labute approximate surface area is 179 Å². The number of hydrogen-bond donors (Lipinski definition) is 2. The zero-order chi connectivity index (χ0) is 22.4. The predicted octanol–water partition coefficient (Wildman–Crippen LogP) is 3.59. The van der Waals surface area contributed by atoms with Crippen molar-refractivity contribution >= 4 is 23.8 Å². The number of hydrogen-bond acceptors (Lipinski definition) is 6. The molecule has 31 heavy (non-hydrogen) atoms. The van der Waals surface area contributed by atoms with Gasteiger partial charge in [0.15, 0.2) is 0 Å². The van der Waals surface area contributed by atoms with Crippen molar-refractivity contribution in [3.05, 3.63) is 60.4 Å². The summed E-state index contributed by atoms with van der Waals surface area (Å²) in [4.78, 5) is 11.7. The molecular weight excluding hydrogens is 407 g/mol. The van der Waals surface area contributed by atoms with Crippen LogP contribution in [0, 0.1) is 0 Å². The van der Waals surface area contributed by atoms with Crippen LogP contribution in [0.5, 0.6) is 0 Å². The summed E-state index contributed by atoms with van der Waals surface area (Å²) in [6.07, 6.45) is -0.0986. The fraction of sp³-hybridized carbons (Fsp3) is 0.364. The fourth-order valence-electron chi connectivity index (χ4n) is 3.49. The molecule has 0 bridgehead atoms. The quantitative estimate of drug-likeness (QED) is 0.664. The first-order valence-corrected chi connectivity index (χ1v) is 9.96. The van der Waals surface area contributed by atoms with Gasteiger partial charge in [0.25, 0.3) is 0 Å². The van der Waals surface area contributed by atoms with Gasteiger partial charge in [0.2, 0.25) is 0 Å². The lowest BCUT2D eigenvalue weighted by atomic mass is 10.0. The van der Waals surface area contributed by atoms with Crippen molar-refractivity contribution in [1.29, 1.82) is 0 Å². The first-order valence-electron chi connectivity index (χ1n) is 9.96. The van der Waals surface area contributed by atoms with Crippen LogP contribution in [0.1, 0.15) is 22.8 Å². The number of halogens is 3. The van der Waals surface area contributed by atoms with E-state index in [0.29, 0.717) is 37.8 Å². The summed E-state index contributed by atoms with van der Waals surface area (Å²) < 4.78 is 37.7. The van der Waals surface area contributed by atoms with Crippen LogP contribution in [0.2, 0.25) is 0 Å². The third-order valence-corrected chi connectivity index (χ3v) is 5.16. The Morgan fingerprint density at radius 1 is 1.06 bits per heavy atom. The highest BCUT2D eigenvalue weighted by atomic mass is 19.4. The van der Waals surface area contributed by atoms with Crippen molar-refractivity contribution in [2.45, 2.75) is 12.3 Å². The number of piperazine rings is 1. The number of anilines is 2. The third-order valence-electron chi connectivity index (χ3n) is 5.16. The molecule has 2 aromatic rings. The number of aliphatic hydroxyl groups is 1. The minimum atomic E-state index is -4.19. The molecule has 1 aromatic heterocycles. The molecule has 0 spiro atoms. The van der Waals surface area contributed by atoms with Crippen molar-refractivity contribution in [2.24, 2.45) is 0 Å². The van der Waals surface area contributed by atoms with Crippen molar-refractivity contribution < 1.29 is 18.3 Å². The predicted molar refractivity (Wildman–Crippen MR) is 117 cm³/mol. The van der Waals surface area contributed by atoms with E-state index in [0.717, 1.165) is 16.7 Å². The Morgan fingerprint density at radius 3 is 2.42 bits per heavy atom. The first-order chi connectivity index (χ1) is 14.8. The van der Waals surface area contributed by atoms with Crippen LogP contribution >= 0.6 is 0 Å². The van der Waals surface area contributed by atoms with E-state index < -0.39 is 18.8 Å². The average Bonchev–Trinajstić information content (AvgIpc) is 2.76. The van der Waals surface area contributed by atoms with Crippen molar-refractivity contribution in [2.75, 3.05) is 49.5 Å². The van der Waals surface area contributed by atoms with Gasteiger partial charge < -0.3 is 15.3 Å². The summed E-state index contributed by atoms with van der Waals surface area (Å²) in [5.41, 5.74) is 2.57. The number of nitrogens with zero attached hydrogens (tertiary/aromatic N) is 4. The van der Waals surface area contributed by atoms with Crippen LogP contribution in [0.15, 0.2) is 43.8 Å². The van der Waals surface area contributed by atoms with Crippen LogP contribution in [-0.4, -0.2) is 65.4 Å². The second-order valence-corrected chi connectivity index (χ2v) is 7.33. The second-order valence-electron chi connectivity index (χ2n) is 7.33. The molecular formula is C22H26F3N5O. The van der Waals surface area contributed by atoms with Gasteiger partial charge in [-0.15, -0.1) is 0 Å². The molecule has 9 heteroatoms. The fourth-order valence-corrected chi connectivity index (χ4v) is 3.49. The Balaban J connectivity index is 1.57. The van der Waals surface area contributed by atoms with Gasteiger partial charge in [0, 0.05) is 38.8 Å². The lowest BCUT2D eigenvalue weighted by molar-refractivity contribution is -0.146. The SMILES string of the molecule is C=Cc1ccc(C(O)CNc2cc(N3CCN(CC(F)(F)F)CC3)ncn2)cc1C=C. The van der Waals surface area contributed by atoms with Crippen LogP contribution < -0.4 is 10.2 Å². The molecule has 166 valence electrons. The smallest absolute Gasteiger partial charge is 0.387 e. The monoisotopic (exact) mass is 433 g/mol. The first kappa shape index (κ1) is 22.8. The molecule has 0 radical (unpaired) electrons. The van der Waals surface area contributed by atoms with Crippen molar-refractivity contribution in [1.82, 2.24) is 14.9 Å². The largest absolute Gasteiger partial charge is 0.401 e. The van der Waals surface area contributed by atoms with Gasteiger partial charge in [0.05, 0.1) is 12.6 Å². The molecule has 3 rings (SSSR count). The molecule has 1 unspecified atom stereocenters. The highest BCUT2D eigenvalue weighted by molar-refractivity contribution is 5.64. The number of rotatable bonds is 8. The third kappa shape index (κ3) is 6.28. The van der Waals surface area contributed by atoms with Crippen LogP contribution in [-0.2, 0) is 0 Å². The number of aromatic nitrogens is 2. The normalized spacial score (nSPS) is 16.1. The van der Waals surface area contributed by atoms with Crippen LogP contribution in [0.25, 0.3) is 12.2 Å². The van der Waals surface area contributed by atoms with Gasteiger partial charge in [-0.05, 0) is 22.8 Å². The highest BCUT2D eigenvalue weighted by Crippen LogP contribution is 2.22. The Kier molecular flexibility index (Phi) is 7.29. The van der Waals surface area contributed by atoms with E-state index in [1.54, 1.807) is 18.2 Å². The summed E-state index contributed by atoms with van der Waals surface area (Å²) >= 11 is 0. The van der Waals surface area contributed by atoms with E-state index in [4.69, 9.17) is 0 Å². The topological polar surface area (TPSA) is 64.5 Å². The molecule has 2 heterocycles. The van der Waals surface area contributed by atoms with Gasteiger partial charge >= 0.3 is 6.18 Å². The molecule has 1 fully saturated rings. The number of alkyl halides is 3. The summed E-state index contributed by atoms with van der Waals surface area (Å²) in [5, 5.41) is 13.6. The molecule has 1 aromatic carbocycles. The van der Waals surface area contributed by atoms with E-state index in [1.807, 2.05) is 23.1 Å². The van der Waals surface area contributed by atoms with E-state index in [1.165, 1.54) is 11.2 Å². The molecule has 2 N–H and O–H groups in total. The average molecular weight is 433 g/mol. The minimum absolute atomic E-state index is 0.236. The van der Waals surface area contributed by atoms with E-state index in [-0.39, 0.29) is 6.54 Å². The van der Waals surface area contributed by atoms with Gasteiger partial charge in [-0.25, -0.2) is 9.97 Å². The van der Waals surface area contributed by atoms with Crippen molar-refractivity contribution in [3.63, 3.8) is 0 Å². The van der Waals surface area contributed by atoms with E-state index in [2.05, 4.69) is 28.4 Å². The zero-order valence-electron chi connectivity index (χ0n) is 17.1. The Hall–Kier alpha value is -2.91. The lowest BCUT2D eigenvalue weighted by Gasteiger charge is -2.35. The molecule has 0 aliphatic carbocycles. The number of aliphatic hydroxyl groups excluding tert-OH is 1. The number of benzene rings is 1. The van der Waals surface area contributed by atoms with E-state index in [9.17, 15) is 18.3 Å². The van der Waals surface area contributed by atoms with Gasteiger partial charge in [-0.1, -0.05) is 37.4 Å². The molecule has 1 aliphatic heterocycles. The summed E-state index contributed by atoms with van der Waals surface area (Å²) in [7, 11) is 0. The molecule has 1 atom stereocenters. The minimum Gasteiger partial charge on any atom is -0.387 e. The zero-order valence-corrected chi connectivity index (χ0v) is 17.1. The molecule has 6 nitrogen and oxygen atoms in total. The van der Waals surface area contributed by atoms with Gasteiger partial charge in [-0.3, -0.25) is 4.90 Å². The Bertz CT molecular complexity index is 910. The number of nitrogens with one attached hydrogen (secondary N) is 1. The summed E-state index contributed by atoms with van der Waals surface area (Å²) in [6.45, 7) is 8.43. The molecule has 1 saturated heterocycles. The molecule has 1 aliphatic rings. The summed E-state index contributed by atoms with van der Waals surface area (Å²) in [6, 6.07) is 7.32. The maximum absolute atomic E-state index is 12.6. The maximum Gasteiger partial charge on any atom is 0.401 e. The summed E-state index contributed by atoms with van der Waals surface area (Å²) in [5.74, 6) is 1.18. The van der Waals surface area contributed by atoms with Crippen LogP contribution in [0.4, 0.5) is 24.8 Å². The lowest BCUT2D eigenvalue weighted by Crippen LogP contribution is -2.49. The molecule has 0 amide bonds. The van der Waals surface area contributed by atoms with Crippen LogP contribution in [0.3, 0.4) is 0 Å². The maximum atomic E-state index is 12.6.